The Hall–Kier alpha value is -1.88. The maximum absolute atomic E-state index is 5.79. The zero-order valence-electron chi connectivity index (χ0n) is 24.7. The molecule has 8 heteroatoms. The maximum atomic E-state index is 5.79. The highest BCUT2D eigenvalue weighted by atomic mass is 17.4. The fraction of sp³-hybridized carbons (Fsp3) is 0.600. The summed E-state index contributed by atoms with van der Waals surface area (Å²) in [7, 11) is 0. The lowest BCUT2D eigenvalue weighted by molar-refractivity contribution is -0.612. The van der Waals surface area contributed by atoms with Gasteiger partial charge in [-0.3, -0.25) is 0 Å². The van der Waals surface area contributed by atoms with E-state index in [1.807, 2.05) is 109 Å². The summed E-state index contributed by atoms with van der Waals surface area (Å²) in [6, 6.07) is 19.6. The van der Waals surface area contributed by atoms with Crippen LogP contribution in [0.2, 0.25) is 0 Å². The van der Waals surface area contributed by atoms with Crippen molar-refractivity contribution in [1.29, 1.82) is 0 Å². The van der Waals surface area contributed by atoms with Crippen molar-refractivity contribution in [2.45, 2.75) is 117 Å². The van der Waals surface area contributed by atoms with Crippen molar-refractivity contribution in [2.75, 3.05) is 0 Å². The van der Waals surface area contributed by atoms with E-state index in [-0.39, 0.29) is 0 Å². The van der Waals surface area contributed by atoms with Gasteiger partial charge in [0.05, 0.1) is 0 Å². The number of hydrogen-bond donors (Lipinski definition) is 0. The zero-order valence-corrected chi connectivity index (χ0v) is 24.7. The first-order valence-corrected chi connectivity index (χ1v) is 13.3. The molecule has 0 radical (unpaired) electrons. The first kappa shape index (κ1) is 32.3. The predicted molar refractivity (Wildman–Crippen MR) is 144 cm³/mol. The van der Waals surface area contributed by atoms with Crippen LogP contribution in [-0.4, -0.2) is 17.4 Å². The molecule has 0 amide bonds. The molecule has 0 fully saturated rings. The molecule has 2 aromatic carbocycles. The predicted octanol–water partition coefficient (Wildman–Crippen LogP) is 8.03. The van der Waals surface area contributed by atoms with Crippen LogP contribution >= 0.6 is 0 Å². The summed E-state index contributed by atoms with van der Waals surface area (Å²) >= 11 is 0. The lowest BCUT2D eigenvalue weighted by Crippen LogP contribution is -2.43. The van der Waals surface area contributed by atoms with Gasteiger partial charge in [0, 0.05) is 19.3 Å². The van der Waals surface area contributed by atoms with Gasteiger partial charge >= 0.3 is 0 Å². The smallest absolute Gasteiger partial charge is 0.223 e. The summed E-state index contributed by atoms with van der Waals surface area (Å²) in [6.07, 6.45) is 1.28. The Morgan fingerprint density at radius 1 is 0.395 bits per heavy atom. The van der Waals surface area contributed by atoms with Crippen LogP contribution in [-0.2, 0) is 50.3 Å². The number of hydrogen-bond acceptors (Lipinski definition) is 8. The van der Waals surface area contributed by atoms with Gasteiger partial charge in [-0.15, -0.1) is 0 Å². The molecule has 0 spiro atoms. The molecule has 2 atom stereocenters. The molecule has 0 aliphatic heterocycles. The van der Waals surface area contributed by atoms with Gasteiger partial charge < -0.3 is 0 Å². The molecule has 38 heavy (non-hydrogen) atoms. The van der Waals surface area contributed by atoms with Crippen LogP contribution in [0.1, 0.15) is 99.6 Å². The molecule has 214 valence electrons. The lowest BCUT2D eigenvalue weighted by atomic mass is 9.99. The van der Waals surface area contributed by atoms with Gasteiger partial charge in [0.25, 0.3) is 0 Å². The third kappa shape index (κ3) is 9.39. The Morgan fingerprint density at radius 2 is 0.632 bits per heavy atom. The minimum Gasteiger partial charge on any atom is -0.223 e. The largest absolute Gasteiger partial charge is 0.231 e. The van der Waals surface area contributed by atoms with Gasteiger partial charge in [0.2, 0.25) is 17.4 Å². The van der Waals surface area contributed by atoms with E-state index in [9.17, 15) is 0 Å². The van der Waals surface area contributed by atoms with Gasteiger partial charge in [0.1, 0.15) is 11.2 Å². The van der Waals surface area contributed by atoms with E-state index >= 15 is 0 Å². The van der Waals surface area contributed by atoms with Gasteiger partial charge in [-0.1, -0.05) is 81.4 Å². The van der Waals surface area contributed by atoms with Crippen LogP contribution in [0.4, 0.5) is 0 Å². The minimum absolute atomic E-state index is 0.402. The Bertz CT molecular complexity index is 876. The van der Waals surface area contributed by atoms with Crippen molar-refractivity contribution < 1.29 is 39.1 Å². The van der Waals surface area contributed by atoms with E-state index < -0.39 is 28.6 Å². The topological polar surface area (TPSA) is 73.8 Å². The minimum atomic E-state index is -1.27. The summed E-state index contributed by atoms with van der Waals surface area (Å²) in [5, 5.41) is 0. The van der Waals surface area contributed by atoms with Crippen molar-refractivity contribution >= 4 is 0 Å². The highest BCUT2D eigenvalue weighted by molar-refractivity contribution is 5.21. The van der Waals surface area contributed by atoms with E-state index in [4.69, 9.17) is 39.1 Å². The molecule has 8 nitrogen and oxygen atoms in total. The molecule has 0 N–H and O–H groups in total. The highest BCUT2D eigenvalue weighted by Crippen LogP contribution is 2.33. The summed E-state index contributed by atoms with van der Waals surface area (Å²) in [5.41, 5.74) is 0.516. The molecule has 0 bridgehead atoms. The fourth-order valence-electron chi connectivity index (χ4n) is 2.91. The van der Waals surface area contributed by atoms with Crippen LogP contribution < -0.4 is 0 Å². The molecule has 0 aromatic heterocycles. The molecule has 0 aliphatic rings. The summed E-state index contributed by atoms with van der Waals surface area (Å²) in [4.78, 5) is 45.9. The molecule has 0 saturated carbocycles. The van der Waals surface area contributed by atoms with Crippen LogP contribution in [0.25, 0.3) is 0 Å². The number of rotatable bonds is 17. The van der Waals surface area contributed by atoms with Crippen molar-refractivity contribution in [2.24, 2.45) is 0 Å². The third-order valence-corrected chi connectivity index (χ3v) is 6.51. The van der Waals surface area contributed by atoms with E-state index in [1.165, 1.54) is 0 Å². The fourth-order valence-corrected chi connectivity index (χ4v) is 2.91. The Balaban J connectivity index is 1.96. The third-order valence-electron chi connectivity index (χ3n) is 6.51. The van der Waals surface area contributed by atoms with Crippen molar-refractivity contribution in [3.8, 4) is 0 Å². The molecular formula is C30H46O8. The number of benzene rings is 2. The SMILES string of the molecule is CCC(C)(OOC(C)(CC)OOC(C)(C)c1ccccc1)OOC(C)(CC)OOC(C)(C)c1ccccc1. The van der Waals surface area contributed by atoms with Crippen LogP contribution in [0.3, 0.4) is 0 Å². The first-order chi connectivity index (χ1) is 17.7. The Kier molecular flexibility index (Phi) is 11.5. The van der Waals surface area contributed by atoms with Gasteiger partial charge in [-0.25, -0.2) is 9.78 Å². The van der Waals surface area contributed by atoms with Gasteiger partial charge in [-0.05, 0) is 59.6 Å². The van der Waals surface area contributed by atoms with Crippen molar-refractivity contribution in [1.82, 2.24) is 0 Å². The van der Waals surface area contributed by atoms with Gasteiger partial charge in [0.15, 0.2) is 0 Å². The Morgan fingerprint density at radius 3 is 0.868 bits per heavy atom. The molecular weight excluding hydrogens is 488 g/mol. The summed E-state index contributed by atoms with van der Waals surface area (Å²) in [5.74, 6) is -3.69. The highest BCUT2D eigenvalue weighted by Gasteiger charge is 2.39. The van der Waals surface area contributed by atoms with E-state index in [2.05, 4.69) is 0 Å². The molecule has 2 aromatic rings. The van der Waals surface area contributed by atoms with Crippen LogP contribution in [0, 0.1) is 0 Å². The quantitative estimate of drug-likeness (QED) is 0.115. The van der Waals surface area contributed by atoms with Gasteiger partial charge in [-0.2, -0.15) is 29.3 Å². The summed E-state index contributed by atoms with van der Waals surface area (Å²) < 4.78 is 0. The normalized spacial score (nSPS) is 17.4. The molecule has 0 saturated heterocycles. The second-order valence-corrected chi connectivity index (χ2v) is 10.9. The molecule has 2 unspecified atom stereocenters. The van der Waals surface area contributed by atoms with E-state index in [0.717, 1.165) is 11.1 Å². The molecule has 0 heterocycles. The lowest BCUT2D eigenvalue weighted by Gasteiger charge is -2.36. The van der Waals surface area contributed by atoms with Crippen molar-refractivity contribution in [3.05, 3.63) is 71.8 Å². The monoisotopic (exact) mass is 534 g/mol. The second kappa shape index (κ2) is 13.5. The average molecular weight is 535 g/mol. The average Bonchev–Trinajstić information content (AvgIpc) is 2.94. The first-order valence-electron chi connectivity index (χ1n) is 13.3. The second-order valence-electron chi connectivity index (χ2n) is 10.9. The van der Waals surface area contributed by atoms with E-state index in [1.54, 1.807) is 20.8 Å². The van der Waals surface area contributed by atoms with Crippen molar-refractivity contribution in [3.63, 3.8) is 0 Å². The standard InChI is InChI=1S/C30H46O8/c1-11-28(8,33-31-26(4,5)24-20-16-14-17-21-24)35-37-30(10,13-3)38-36-29(9,12-2)34-32-27(6,7)25-22-18-15-19-23-25/h14-23H,11-13H2,1-10H3. The zero-order chi connectivity index (χ0) is 28.5. The molecule has 2 rings (SSSR count). The maximum Gasteiger partial charge on any atom is 0.231 e. The summed E-state index contributed by atoms with van der Waals surface area (Å²) in [6.45, 7) is 18.5. The Labute approximate surface area is 228 Å². The van der Waals surface area contributed by atoms with Crippen LogP contribution in [0.15, 0.2) is 60.7 Å². The van der Waals surface area contributed by atoms with E-state index in [0.29, 0.717) is 19.3 Å². The molecule has 0 aliphatic carbocycles. The van der Waals surface area contributed by atoms with Crippen LogP contribution in [0.5, 0.6) is 0 Å².